The highest BCUT2D eigenvalue weighted by atomic mass is 35.5. The van der Waals surface area contributed by atoms with Gasteiger partial charge in [-0.15, -0.1) is 0 Å². The van der Waals surface area contributed by atoms with Crippen molar-refractivity contribution in [3.63, 3.8) is 0 Å². The van der Waals surface area contributed by atoms with Gasteiger partial charge in [0.05, 0.1) is 11.4 Å². The van der Waals surface area contributed by atoms with Crippen LogP contribution < -0.4 is 4.90 Å². The van der Waals surface area contributed by atoms with Crippen molar-refractivity contribution in [3.05, 3.63) is 16.5 Å². The second-order valence-corrected chi connectivity index (χ2v) is 4.50. The average molecular weight is 242 g/mol. The Hall–Kier alpha value is -0.830. The van der Waals surface area contributed by atoms with Crippen molar-refractivity contribution >= 4 is 17.4 Å². The summed E-state index contributed by atoms with van der Waals surface area (Å²) in [5, 5.41) is 0.502. The molecule has 0 saturated heterocycles. The molecule has 0 aliphatic carbocycles. The first-order chi connectivity index (χ1) is 7.56. The van der Waals surface area contributed by atoms with Crippen LogP contribution in [-0.2, 0) is 0 Å². The molecule has 0 bridgehead atoms. The summed E-state index contributed by atoms with van der Waals surface area (Å²) in [6, 6.07) is 0. The van der Waals surface area contributed by atoms with Gasteiger partial charge in [0.2, 0.25) is 0 Å². The molecule has 0 aromatic carbocycles. The van der Waals surface area contributed by atoms with Crippen LogP contribution in [0.15, 0.2) is 0 Å². The smallest absolute Gasteiger partial charge is 0.171 e. The first-order valence-corrected chi connectivity index (χ1v) is 6.16. The van der Waals surface area contributed by atoms with Crippen LogP contribution in [0.1, 0.15) is 37.6 Å². The molecule has 0 saturated carbocycles. The molecule has 0 aliphatic rings. The molecule has 90 valence electrons. The number of hydrogen-bond acceptors (Lipinski definition) is 3. The summed E-state index contributed by atoms with van der Waals surface area (Å²) in [5.74, 6) is 0.792. The van der Waals surface area contributed by atoms with Gasteiger partial charge in [0.1, 0.15) is 0 Å². The number of nitrogens with zero attached hydrogens (tertiary/aromatic N) is 3. The molecule has 1 aromatic heterocycles. The van der Waals surface area contributed by atoms with Crippen LogP contribution >= 0.6 is 11.6 Å². The van der Waals surface area contributed by atoms with Gasteiger partial charge in [-0.2, -0.15) is 0 Å². The molecular weight excluding hydrogens is 222 g/mol. The Balaban J connectivity index is 2.75. The van der Waals surface area contributed by atoms with Crippen molar-refractivity contribution in [2.45, 2.75) is 40.0 Å². The molecule has 0 radical (unpaired) electrons. The Bertz CT molecular complexity index is 352. The van der Waals surface area contributed by atoms with Crippen LogP contribution in [0.4, 0.5) is 5.82 Å². The predicted molar refractivity (Wildman–Crippen MR) is 69.3 cm³/mol. The predicted octanol–water partition coefficient (Wildman–Crippen LogP) is 3.37. The second kappa shape index (κ2) is 6.04. The van der Waals surface area contributed by atoms with Crippen LogP contribution in [-0.4, -0.2) is 23.6 Å². The van der Waals surface area contributed by atoms with Crippen LogP contribution in [0.3, 0.4) is 0 Å². The van der Waals surface area contributed by atoms with E-state index >= 15 is 0 Å². The SMILES string of the molecule is CCCCCN(C)c1nc(C)c(C)nc1Cl. The fraction of sp³-hybridized carbons (Fsp3) is 0.667. The highest BCUT2D eigenvalue weighted by Gasteiger charge is 2.10. The molecule has 1 aromatic rings. The van der Waals surface area contributed by atoms with Crippen molar-refractivity contribution in [2.75, 3.05) is 18.5 Å². The normalized spacial score (nSPS) is 10.6. The van der Waals surface area contributed by atoms with E-state index in [1.807, 2.05) is 20.9 Å². The fourth-order valence-corrected chi connectivity index (χ4v) is 1.83. The molecule has 0 atom stereocenters. The number of hydrogen-bond donors (Lipinski definition) is 0. The van der Waals surface area contributed by atoms with Crippen LogP contribution in [0.5, 0.6) is 0 Å². The van der Waals surface area contributed by atoms with Crippen LogP contribution in [0.25, 0.3) is 0 Å². The average Bonchev–Trinajstić information content (AvgIpc) is 2.23. The number of unbranched alkanes of at least 4 members (excludes halogenated alkanes) is 2. The zero-order valence-corrected chi connectivity index (χ0v) is 11.3. The second-order valence-electron chi connectivity index (χ2n) is 4.14. The lowest BCUT2D eigenvalue weighted by atomic mass is 10.2. The van der Waals surface area contributed by atoms with Gasteiger partial charge in [-0.1, -0.05) is 31.4 Å². The molecule has 4 heteroatoms. The van der Waals surface area contributed by atoms with E-state index in [4.69, 9.17) is 11.6 Å². The van der Waals surface area contributed by atoms with Gasteiger partial charge >= 0.3 is 0 Å². The van der Waals surface area contributed by atoms with E-state index in [0.717, 1.165) is 30.2 Å². The lowest BCUT2D eigenvalue weighted by Crippen LogP contribution is -2.21. The lowest BCUT2D eigenvalue weighted by molar-refractivity contribution is 0.699. The van der Waals surface area contributed by atoms with Crippen molar-refractivity contribution in [3.8, 4) is 0 Å². The highest BCUT2D eigenvalue weighted by Crippen LogP contribution is 2.21. The summed E-state index contributed by atoms with van der Waals surface area (Å²) < 4.78 is 0. The van der Waals surface area contributed by atoms with E-state index in [1.54, 1.807) is 0 Å². The molecular formula is C12H20ClN3. The quantitative estimate of drug-likeness (QED) is 0.741. The number of anilines is 1. The van der Waals surface area contributed by atoms with E-state index in [-0.39, 0.29) is 0 Å². The number of rotatable bonds is 5. The van der Waals surface area contributed by atoms with Crippen molar-refractivity contribution in [2.24, 2.45) is 0 Å². The number of halogens is 1. The van der Waals surface area contributed by atoms with Crippen LogP contribution in [0.2, 0.25) is 5.15 Å². The van der Waals surface area contributed by atoms with Gasteiger partial charge < -0.3 is 4.90 Å². The summed E-state index contributed by atoms with van der Waals surface area (Å²) in [7, 11) is 2.01. The molecule has 0 spiro atoms. The zero-order valence-electron chi connectivity index (χ0n) is 10.5. The standard InChI is InChI=1S/C12H20ClN3/c1-5-6-7-8-16(4)12-11(13)14-9(2)10(3)15-12/h5-8H2,1-4H3. The Kier molecular flexibility index (Phi) is 5.00. The van der Waals surface area contributed by atoms with Crippen molar-refractivity contribution in [1.29, 1.82) is 0 Å². The van der Waals surface area contributed by atoms with Gasteiger partial charge in [0.15, 0.2) is 11.0 Å². The van der Waals surface area contributed by atoms with E-state index in [2.05, 4.69) is 21.8 Å². The molecule has 0 N–H and O–H groups in total. The Morgan fingerprint density at radius 2 is 1.75 bits per heavy atom. The Morgan fingerprint density at radius 1 is 1.12 bits per heavy atom. The maximum absolute atomic E-state index is 6.09. The summed E-state index contributed by atoms with van der Waals surface area (Å²) in [4.78, 5) is 10.8. The molecule has 1 heterocycles. The Morgan fingerprint density at radius 3 is 2.38 bits per heavy atom. The molecule has 0 unspecified atom stereocenters. The minimum atomic E-state index is 0.502. The minimum absolute atomic E-state index is 0.502. The largest absolute Gasteiger partial charge is 0.357 e. The minimum Gasteiger partial charge on any atom is -0.357 e. The molecule has 1 rings (SSSR count). The number of aromatic nitrogens is 2. The molecule has 0 amide bonds. The van der Waals surface area contributed by atoms with Crippen molar-refractivity contribution in [1.82, 2.24) is 9.97 Å². The third-order valence-electron chi connectivity index (χ3n) is 2.71. The van der Waals surface area contributed by atoms with Crippen LogP contribution in [0, 0.1) is 13.8 Å². The molecule has 3 nitrogen and oxygen atoms in total. The van der Waals surface area contributed by atoms with Gasteiger partial charge in [0.25, 0.3) is 0 Å². The third-order valence-corrected chi connectivity index (χ3v) is 2.96. The van der Waals surface area contributed by atoms with E-state index < -0.39 is 0 Å². The molecule has 16 heavy (non-hydrogen) atoms. The first-order valence-electron chi connectivity index (χ1n) is 5.78. The first kappa shape index (κ1) is 13.2. The van der Waals surface area contributed by atoms with Gasteiger partial charge in [-0.3, -0.25) is 0 Å². The summed E-state index contributed by atoms with van der Waals surface area (Å²) in [6.45, 7) is 7.06. The topological polar surface area (TPSA) is 29.0 Å². The van der Waals surface area contributed by atoms with E-state index in [0.29, 0.717) is 5.15 Å². The lowest BCUT2D eigenvalue weighted by Gasteiger charge is -2.19. The van der Waals surface area contributed by atoms with E-state index in [9.17, 15) is 0 Å². The van der Waals surface area contributed by atoms with Gasteiger partial charge in [0, 0.05) is 13.6 Å². The fourth-order valence-electron chi connectivity index (χ4n) is 1.51. The monoisotopic (exact) mass is 241 g/mol. The zero-order chi connectivity index (χ0) is 12.1. The van der Waals surface area contributed by atoms with E-state index in [1.165, 1.54) is 12.8 Å². The van der Waals surface area contributed by atoms with Gasteiger partial charge in [-0.05, 0) is 20.3 Å². The summed E-state index contributed by atoms with van der Waals surface area (Å²) in [6.07, 6.45) is 3.62. The maximum Gasteiger partial charge on any atom is 0.171 e. The van der Waals surface area contributed by atoms with Gasteiger partial charge in [-0.25, -0.2) is 9.97 Å². The Labute approximate surface area is 103 Å². The molecule has 0 aliphatic heterocycles. The number of aryl methyl sites for hydroxylation is 2. The molecule has 0 fully saturated rings. The third kappa shape index (κ3) is 3.34. The maximum atomic E-state index is 6.09. The summed E-state index contributed by atoms with van der Waals surface area (Å²) in [5.41, 5.74) is 1.84. The highest BCUT2D eigenvalue weighted by molar-refractivity contribution is 6.31. The summed E-state index contributed by atoms with van der Waals surface area (Å²) >= 11 is 6.09. The van der Waals surface area contributed by atoms with Crippen molar-refractivity contribution < 1.29 is 0 Å².